The van der Waals surface area contributed by atoms with Crippen molar-refractivity contribution in [2.24, 2.45) is 5.92 Å². The number of rotatable bonds is 7. The molecule has 2 heterocycles. The molecule has 0 atom stereocenters. The van der Waals surface area contributed by atoms with E-state index >= 15 is 0 Å². The van der Waals surface area contributed by atoms with E-state index < -0.39 is 0 Å². The maximum atomic E-state index is 13.4. The molecule has 1 fully saturated rings. The number of halogens is 1. The lowest BCUT2D eigenvalue weighted by Crippen LogP contribution is -2.36. The largest absolute Gasteiger partial charge is 0.508 e. The van der Waals surface area contributed by atoms with E-state index in [1.54, 1.807) is 30.3 Å². The van der Waals surface area contributed by atoms with Gasteiger partial charge in [0, 0.05) is 25.6 Å². The maximum Gasteiger partial charge on any atom is 0.123 e. The fourth-order valence-corrected chi connectivity index (χ4v) is 4.94. The average molecular weight is 460 g/mol. The number of likely N-dealkylation sites (tertiary alicyclic amines) is 1. The van der Waals surface area contributed by atoms with Crippen LogP contribution in [0.1, 0.15) is 29.8 Å². The maximum absolute atomic E-state index is 13.4. The fraction of sp³-hybridized carbons (Fsp3) is 0.321. The van der Waals surface area contributed by atoms with Crippen LogP contribution in [0.25, 0.3) is 11.0 Å². The first-order valence-corrected chi connectivity index (χ1v) is 12.0. The molecule has 2 N–H and O–H groups in total. The number of hydrogen-bond acceptors (Lipinski definition) is 4. The SMILES string of the molecule is Oc1cccc(CCN2CCC(Cc3nc4ccc(O)cc4n3Cc3ccc(F)cc3)CC2)c1. The minimum Gasteiger partial charge on any atom is -0.508 e. The summed E-state index contributed by atoms with van der Waals surface area (Å²) in [5.41, 5.74) is 3.95. The van der Waals surface area contributed by atoms with E-state index in [1.807, 2.05) is 18.2 Å². The predicted octanol–water partition coefficient (Wildman–Crippen LogP) is 5.13. The van der Waals surface area contributed by atoms with Crippen molar-refractivity contribution in [1.29, 1.82) is 0 Å². The highest BCUT2D eigenvalue weighted by Crippen LogP contribution is 2.27. The number of nitrogens with zero attached hydrogens (tertiary/aromatic N) is 3. The zero-order valence-corrected chi connectivity index (χ0v) is 19.2. The summed E-state index contributed by atoms with van der Waals surface area (Å²) in [5, 5.41) is 19.7. The first-order chi connectivity index (χ1) is 16.5. The fourth-order valence-electron chi connectivity index (χ4n) is 4.94. The second-order valence-corrected chi connectivity index (χ2v) is 9.32. The Balaban J connectivity index is 1.26. The van der Waals surface area contributed by atoms with Gasteiger partial charge in [0.15, 0.2) is 0 Å². The van der Waals surface area contributed by atoms with Gasteiger partial charge in [-0.2, -0.15) is 0 Å². The molecule has 1 aliphatic heterocycles. The van der Waals surface area contributed by atoms with E-state index in [4.69, 9.17) is 4.98 Å². The molecule has 176 valence electrons. The number of hydrogen-bond donors (Lipinski definition) is 2. The van der Waals surface area contributed by atoms with E-state index in [-0.39, 0.29) is 11.6 Å². The highest BCUT2D eigenvalue weighted by molar-refractivity contribution is 5.78. The van der Waals surface area contributed by atoms with E-state index in [1.165, 1.54) is 17.7 Å². The van der Waals surface area contributed by atoms with Gasteiger partial charge in [0.05, 0.1) is 11.0 Å². The Hall–Kier alpha value is -3.38. The van der Waals surface area contributed by atoms with Crippen molar-refractivity contribution < 1.29 is 14.6 Å². The van der Waals surface area contributed by atoms with Crippen LogP contribution in [0.2, 0.25) is 0 Å². The smallest absolute Gasteiger partial charge is 0.123 e. The average Bonchev–Trinajstić information content (AvgIpc) is 3.16. The lowest BCUT2D eigenvalue weighted by molar-refractivity contribution is 0.184. The van der Waals surface area contributed by atoms with Gasteiger partial charge in [-0.05, 0) is 85.8 Å². The minimum atomic E-state index is -0.243. The Kier molecular flexibility index (Phi) is 6.50. The summed E-state index contributed by atoms with van der Waals surface area (Å²) in [4.78, 5) is 7.41. The highest BCUT2D eigenvalue weighted by Gasteiger charge is 2.22. The number of aromatic hydroxyl groups is 2. The summed E-state index contributed by atoms with van der Waals surface area (Å²) in [5.74, 6) is 1.87. The number of imidazole rings is 1. The van der Waals surface area contributed by atoms with Crippen molar-refractivity contribution in [3.05, 3.63) is 89.5 Å². The molecular weight excluding hydrogens is 429 g/mol. The normalized spacial score (nSPS) is 15.2. The van der Waals surface area contributed by atoms with Gasteiger partial charge in [-0.1, -0.05) is 24.3 Å². The number of benzene rings is 3. The monoisotopic (exact) mass is 459 g/mol. The summed E-state index contributed by atoms with van der Waals surface area (Å²) in [6.07, 6.45) is 4.06. The van der Waals surface area contributed by atoms with Gasteiger partial charge in [0.1, 0.15) is 23.1 Å². The highest BCUT2D eigenvalue weighted by atomic mass is 19.1. The molecule has 1 saturated heterocycles. The third kappa shape index (κ3) is 5.23. The Bertz CT molecular complexity index is 1260. The number of fused-ring (bicyclic) bond motifs is 1. The van der Waals surface area contributed by atoms with Crippen molar-refractivity contribution >= 4 is 11.0 Å². The molecule has 0 spiro atoms. The second kappa shape index (κ2) is 9.85. The standard InChI is InChI=1S/C28H30FN3O2/c29-23-6-4-22(5-7-23)19-32-27-18-25(34)8-9-26(27)30-28(32)17-21-11-14-31(15-12-21)13-10-20-2-1-3-24(33)16-20/h1-9,16,18,21,33-34H,10-15,17,19H2. The van der Waals surface area contributed by atoms with Gasteiger partial charge in [0.25, 0.3) is 0 Å². The van der Waals surface area contributed by atoms with E-state index in [9.17, 15) is 14.6 Å². The Labute approximate surface area is 199 Å². The molecule has 0 amide bonds. The van der Waals surface area contributed by atoms with Crippen LogP contribution in [0.4, 0.5) is 4.39 Å². The Morgan fingerprint density at radius 2 is 1.65 bits per heavy atom. The molecule has 5 nitrogen and oxygen atoms in total. The second-order valence-electron chi connectivity index (χ2n) is 9.32. The summed E-state index contributed by atoms with van der Waals surface area (Å²) in [6, 6.07) is 19.4. The number of phenolic OH excluding ortho intramolecular Hbond substituents is 2. The molecule has 1 aromatic heterocycles. The van der Waals surface area contributed by atoms with E-state index in [0.717, 1.165) is 67.7 Å². The summed E-state index contributed by atoms with van der Waals surface area (Å²) in [6.45, 7) is 3.71. The molecule has 34 heavy (non-hydrogen) atoms. The van der Waals surface area contributed by atoms with Crippen molar-refractivity contribution in [3.8, 4) is 11.5 Å². The van der Waals surface area contributed by atoms with E-state index in [0.29, 0.717) is 18.2 Å². The van der Waals surface area contributed by atoms with Crippen LogP contribution in [-0.4, -0.2) is 44.3 Å². The third-order valence-corrected chi connectivity index (χ3v) is 6.87. The van der Waals surface area contributed by atoms with Gasteiger partial charge in [-0.25, -0.2) is 9.37 Å². The van der Waals surface area contributed by atoms with Gasteiger partial charge in [0.2, 0.25) is 0 Å². The van der Waals surface area contributed by atoms with Crippen LogP contribution in [0, 0.1) is 11.7 Å². The van der Waals surface area contributed by atoms with Crippen LogP contribution < -0.4 is 0 Å². The summed E-state index contributed by atoms with van der Waals surface area (Å²) >= 11 is 0. The van der Waals surface area contributed by atoms with Crippen molar-refractivity contribution in [3.63, 3.8) is 0 Å². The van der Waals surface area contributed by atoms with Crippen LogP contribution in [0.3, 0.4) is 0 Å². The minimum absolute atomic E-state index is 0.222. The molecule has 3 aromatic carbocycles. The molecule has 6 heteroatoms. The zero-order valence-electron chi connectivity index (χ0n) is 19.2. The first-order valence-electron chi connectivity index (χ1n) is 12.0. The quantitative estimate of drug-likeness (QED) is 0.402. The molecule has 0 bridgehead atoms. The van der Waals surface area contributed by atoms with Crippen LogP contribution in [0.5, 0.6) is 11.5 Å². The molecule has 0 saturated carbocycles. The number of aromatic nitrogens is 2. The van der Waals surface area contributed by atoms with Crippen LogP contribution in [-0.2, 0) is 19.4 Å². The lowest BCUT2D eigenvalue weighted by Gasteiger charge is -2.32. The lowest BCUT2D eigenvalue weighted by atomic mass is 9.93. The van der Waals surface area contributed by atoms with Gasteiger partial charge < -0.3 is 19.7 Å². The molecule has 0 unspecified atom stereocenters. The van der Waals surface area contributed by atoms with Crippen molar-refractivity contribution in [2.45, 2.75) is 32.2 Å². The van der Waals surface area contributed by atoms with Crippen LogP contribution in [0.15, 0.2) is 66.7 Å². The predicted molar refractivity (Wildman–Crippen MR) is 132 cm³/mol. The van der Waals surface area contributed by atoms with E-state index in [2.05, 4.69) is 15.5 Å². The molecule has 0 aliphatic carbocycles. The third-order valence-electron chi connectivity index (χ3n) is 6.87. The van der Waals surface area contributed by atoms with Crippen molar-refractivity contribution in [1.82, 2.24) is 14.5 Å². The molecule has 4 aromatic rings. The zero-order chi connectivity index (χ0) is 23.5. The number of phenols is 2. The Morgan fingerprint density at radius 3 is 2.41 bits per heavy atom. The first kappa shape index (κ1) is 22.4. The topological polar surface area (TPSA) is 61.5 Å². The molecular formula is C28H30FN3O2. The van der Waals surface area contributed by atoms with Gasteiger partial charge >= 0.3 is 0 Å². The Morgan fingerprint density at radius 1 is 0.882 bits per heavy atom. The number of piperidine rings is 1. The van der Waals surface area contributed by atoms with Crippen LogP contribution >= 0.6 is 0 Å². The summed E-state index contributed by atoms with van der Waals surface area (Å²) < 4.78 is 15.6. The van der Waals surface area contributed by atoms with Crippen molar-refractivity contribution in [2.75, 3.05) is 19.6 Å². The van der Waals surface area contributed by atoms with Gasteiger partial charge in [-0.15, -0.1) is 0 Å². The van der Waals surface area contributed by atoms with Gasteiger partial charge in [-0.3, -0.25) is 0 Å². The summed E-state index contributed by atoms with van der Waals surface area (Å²) in [7, 11) is 0. The molecule has 1 aliphatic rings. The molecule has 5 rings (SSSR count). The molecule has 0 radical (unpaired) electrons.